The van der Waals surface area contributed by atoms with E-state index in [1.807, 2.05) is 60.7 Å². The topological polar surface area (TPSA) is 76.6 Å². The number of phenolic OH excluding ortho intramolecular Hbond substituents is 1. The molecule has 6 heteroatoms. The second-order valence-corrected chi connectivity index (χ2v) is 8.38. The molecule has 2 atom stereocenters. The van der Waals surface area contributed by atoms with E-state index in [0.29, 0.717) is 6.42 Å². The summed E-state index contributed by atoms with van der Waals surface area (Å²) in [5.41, 5.74) is 4.75. The van der Waals surface area contributed by atoms with Crippen molar-refractivity contribution < 1.29 is 14.7 Å². The monoisotopic (exact) mass is 423 g/mol. The van der Waals surface area contributed by atoms with Crippen LogP contribution in [-0.4, -0.2) is 37.9 Å². The molecule has 2 aliphatic heterocycles. The molecule has 6 nitrogen and oxygen atoms in total. The van der Waals surface area contributed by atoms with Crippen LogP contribution in [0.2, 0.25) is 0 Å². The molecule has 2 aliphatic rings. The number of nitrogens with zero attached hydrogens (tertiary/aromatic N) is 2. The van der Waals surface area contributed by atoms with E-state index < -0.39 is 12.1 Å². The molecule has 1 aromatic heterocycles. The number of aromatic hydroxyl groups is 1. The smallest absolute Gasteiger partial charge is 0.328 e. The van der Waals surface area contributed by atoms with Crippen LogP contribution in [-0.2, 0) is 17.8 Å². The molecule has 0 bridgehead atoms. The number of phenols is 1. The molecule has 3 aromatic carbocycles. The lowest BCUT2D eigenvalue weighted by Crippen LogP contribution is -2.44. The van der Waals surface area contributed by atoms with Crippen LogP contribution in [0.4, 0.5) is 4.79 Å². The minimum Gasteiger partial charge on any atom is -0.508 e. The number of benzene rings is 3. The van der Waals surface area contributed by atoms with Gasteiger partial charge in [-0.25, -0.2) is 4.79 Å². The van der Waals surface area contributed by atoms with Gasteiger partial charge in [-0.05, 0) is 34.9 Å². The first-order chi connectivity index (χ1) is 15.6. The van der Waals surface area contributed by atoms with Gasteiger partial charge in [0.05, 0.1) is 6.54 Å². The fourth-order valence-corrected chi connectivity index (χ4v) is 5.04. The van der Waals surface area contributed by atoms with Gasteiger partial charge in [-0.3, -0.25) is 14.6 Å². The highest BCUT2D eigenvalue weighted by Gasteiger charge is 2.52. The average Bonchev–Trinajstić information content (AvgIpc) is 3.30. The van der Waals surface area contributed by atoms with Gasteiger partial charge in [-0.1, -0.05) is 60.7 Å². The minimum atomic E-state index is -0.559. The van der Waals surface area contributed by atoms with Crippen LogP contribution >= 0.6 is 0 Å². The van der Waals surface area contributed by atoms with Crippen molar-refractivity contribution >= 4 is 22.8 Å². The first-order valence-electron chi connectivity index (χ1n) is 10.7. The number of aromatic amines is 1. The van der Waals surface area contributed by atoms with Crippen LogP contribution in [0.25, 0.3) is 10.9 Å². The molecule has 0 spiro atoms. The Morgan fingerprint density at radius 3 is 2.41 bits per heavy atom. The number of carbonyl (C=O) groups is 2. The fraction of sp³-hybridized carbons (Fsp3) is 0.154. The predicted octanol–water partition coefficient (Wildman–Crippen LogP) is 4.35. The van der Waals surface area contributed by atoms with Gasteiger partial charge in [0, 0.05) is 23.0 Å². The van der Waals surface area contributed by atoms with Crippen molar-refractivity contribution in [2.24, 2.45) is 0 Å². The number of para-hydroxylation sites is 1. The molecular weight excluding hydrogens is 402 g/mol. The van der Waals surface area contributed by atoms with E-state index in [1.54, 1.807) is 17.0 Å². The number of H-pyrrole nitrogens is 1. The molecule has 32 heavy (non-hydrogen) atoms. The Labute approximate surface area is 184 Å². The summed E-state index contributed by atoms with van der Waals surface area (Å²) in [4.78, 5) is 33.6. The van der Waals surface area contributed by atoms with Gasteiger partial charge in [-0.2, -0.15) is 0 Å². The van der Waals surface area contributed by atoms with E-state index >= 15 is 0 Å². The minimum absolute atomic E-state index is 0.160. The summed E-state index contributed by atoms with van der Waals surface area (Å²) in [5, 5.41) is 10.9. The largest absolute Gasteiger partial charge is 0.508 e. The molecule has 3 heterocycles. The Morgan fingerprint density at radius 1 is 0.906 bits per heavy atom. The van der Waals surface area contributed by atoms with E-state index in [-0.39, 0.29) is 24.2 Å². The second-order valence-electron chi connectivity index (χ2n) is 8.38. The highest BCUT2D eigenvalue weighted by atomic mass is 16.3. The van der Waals surface area contributed by atoms with Crippen molar-refractivity contribution in [1.82, 2.24) is 14.8 Å². The average molecular weight is 423 g/mol. The molecule has 3 amide bonds. The number of fused-ring (bicyclic) bond motifs is 4. The Kier molecular flexibility index (Phi) is 4.08. The van der Waals surface area contributed by atoms with E-state index in [2.05, 4.69) is 11.1 Å². The third kappa shape index (κ3) is 2.73. The van der Waals surface area contributed by atoms with Crippen molar-refractivity contribution in [2.45, 2.75) is 25.0 Å². The van der Waals surface area contributed by atoms with Gasteiger partial charge in [0.1, 0.15) is 17.8 Å². The first kappa shape index (κ1) is 18.7. The standard InChI is InChI=1S/C26H21N3O3/c30-18-12-10-17(11-13-18)24-23-20(19-8-4-5-9-21(19)27-23)14-22-25(31)28(26(32)29(22)24)15-16-6-2-1-3-7-16/h1-13,22,24,27,30H,14-15H2. The van der Waals surface area contributed by atoms with Crippen molar-refractivity contribution in [3.63, 3.8) is 0 Å². The third-order valence-electron chi connectivity index (χ3n) is 6.53. The molecule has 1 fully saturated rings. The van der Waals surface area contributed by atoms with Gasteiger partial charge >= 0.3 is 6.03 Å². The van der Waals surface area contributed by atoms with Crippen LogP contribution in [0, 0.1) is 0 Å². The quantitative estimate of drug-likeness (QED) is 0.481. The van der Waals surface area contributed by atoms with Gasteiger partial charge in [0.15, 0.2) is 0 Å². The molecule has 158 valence electrons. The highest BCUT2D eigenvalue weighted by Crippen LogP contribution is 2.44. The maximum absolute atomic E-state index is 13.6. The first-order valence-corrected chi connectivity index (χ1v) is 10.7. The Bertz CT molecular complexity index is 1340. The van der Waals surface area contributed by atoms with Gasteiger partial charge in [0.25, 0.3) is 5.91 Å². The van der Waals surface area contributed by atoms with Gasteiger partial charge in [-0.15, -0.1) is 0 Å². The van der Waals surface area contributed by atoms with Crippen LogP contribution in [0.15, 0.2) is 78.9 Å². The zero-order chi connectivity index (χ0) is 21.8. The number of urea groups is 1. The summed E-state index contributed by atoms with van der Waals surface area (Å²) < 4.78 is 0. The van der Waals surface area contributed by atoms with Crippen LogP contribution < -0.4 is 0 Å². The molecule has 0 aliphatic carbocycles. The number of amides is 3. The number of nitrogens with one attached hydrogen (secondary N) is 1. The van der Waals surface area contributed by atoms with Crippen LogP contribution in [0.3, 0.4) is 0 Å². The SMILES string of the molecule is O=C1C2Cc3c([nH]c4ccccc34)C(c3ccc(O)cc3)N2C(=O)N1Cc1ccccc1. The number of aromatic nitrogens is 1. The summed E-state index contributed by atoms with van der Waals surface area (Å²) in [7, 11) is 0. The van der Waals surface area contributed by atoms with Crippen molar-refractivity contribution in [3.8, 4) is 5.75 Å². The summed E-state index contributed by atoms with van der Waals surface area (Å²) in [6, 6.07) is 23.2. The zero-order valence-electron chi connectivity index (χ0n) is 17.2. The zero-order valence-corrected chi connectivity index (χ0v) is 17.2. The van der Waals surface area contributed by atoms with E-state index in [9.17, 15) is 14.7 Å². The number of hydrogen-bond acceptors (Lipinski definition) is 3. The molecule has 1 saturated heterocycles. The van der Waals surface area contributed by atoms with Gasteiger partial charge in [0.2, 0.25) is 0 Å². The molecule has 6 rings (SSSR count). The molecule has 0 radical (unpaired) electrons. The summed E-state index contributed by atoms with van der Waals surface area (Å²) in [6.45, 7) is 0.252. The van der Waals surface area contributed by atoms with Crippen LogP contribution in [0.1, 0.15) is 28.4 Å². The van der Waals surface area contributed by atoms with E-state index in [0.717, 1.165) is 33.3 Å². The van der Waals surface area contributed by atoms with Gasteiger partial charge < -0.3 is 10.1 Å². The third-order valence-corrected chi connectivity index (χ3v) is 6.53. The maximum Gasteiger partial charge on any atom is 0.328 e. The van der Waals surface area contributed by atoms with Crippen molar-refractivity contribution in [2.75, 3.05) is 0 Å². The predicted molar refractivity (Wildman–Crippen MR) is 120 cm³/mol. The summed E-state index contributed by atoms with van der Waals surface area (Å²) in [6.07, 6.45) is 0.476. The highest BCUT2D eigenvalue weighted by molar-refractivity contribution is 6.05. The lowest BCUT2D eigenvalue weighted by molar-refractivity contribution is -0.129. The number of rotatable bonds is 3. The Morgan fingerprint density at radius 2 is 1.62 bits per heavy atom. The number of carbonyl (C=O) groups excluding carboxylic acids is 2. The Hall–Kier alpha value is -4.06. The lowest BCUT2D eigenvalue weighted by atomic mass is 9.89. The molecule has 2 N–H and O–H groups in total. The lowest BCUT2D eigenvalue weighted by Gasteiger charge is -2.36. The van der Waals surface area contributed by atoms with Crippen molar-refractivity contribution in [1.29, 1.82) is 0 Å². The fourth-order valence-electron chi connectivity index (χ4n) is 5.04. The van der Waals surface area contributed by atoms with Crippen molar-refractivity contribution in [3.05, 3.63) is 101 Å². The summed E-state index contributed by atoms with van der Waals surface area (Å²) >= 11 is 0. The normalized spacial score (nSPS) is 20.0. The van der Waals surface area contributed by atoms with E-state index in [1.165, 1.54) is 4.90 Å². The Balaban J connectivity index is 1.49. The number of hydrogen-bond donors (Lipinski definition) is 2. The molecule has 0 saturated carbocycles. The molecule has 2 unspecified atom stereocenters. The maximum atomic E-state index is 13.6. The van der Waals surface area contributed by atoms with E-state index in [4.69, 9.17) is 0 Å². The second kappa shape index (κ2) is 6.99. The summed E-state index contributed by atoms with van der Waals surface area (Å²) in [5.74, 6) is -0.00827. The molecule has 4 aromatic rings. The number of imide groups is 1. The van der Waals surface area contributed by atoms with Crippen LogP contribution in [0.5, 0.6) is 5.75 Å². The molecular formula is C26H21N3O3.